The van der Waals surface area contributed by atoms with Crippen molar-refractivity contribution in [2.75, 3.05) is 25.0 Å². The van der Waals surface area contributed by atoms with Crippen molar-refractivity contribution < 1.29 is 9.72 Å². The molecular weight excluding hydrogens is 282 g/mol. The maximum atomic E-state index is 12.2. The van der Waals surface area contributed by atoms with E-state index in [1.165, 1.54) is 12.5 Å². The highest BCUT2D eigenvalue weighted by atomic mass is 16.6. The van der Waals surface area contributed by atoms with Crippen LogP contribution >= 0.6 is 0 Å². The fourth-order valence-electron chi connectivity index (χ4n) is 3.27. The van der Waals surface area contributed by atoms with Crippen molar-refractivity contribution in [1.29, 1.82) is 0 Å². The Morgan fingerprint density at radius 1 is 1.36 bits per heavy atom. The van der Waals surface area contributed by atoms with E-state index in [1.807, 2.05) is 0 Å². The number of anilines is 1. The van der Waals surface area contributed by atoms with Crippen LogP contribution < -0.4 is 5.32 Å². The molecule has 1 saturated heterocycles. The molecule has 120 valence electrons. The maximum Gasteiger partial charge on any atom is 0.293 e. The molecule has 1 aromatic carbocycles. The fourth-order valence-corrected chi connectivity index (χ4v) is 3.27. The summed E-state index contributed by atoms with van der Waals surface area (Å²) in [5.74, 6) is 0.951. The lowest BCUT2D eigenvalue weighted by Crippen LogP contribution is -2.42. The summed E-state index contributed by atoms with van der Waals surface area (Å²) in [5.41, 5.74) is 0.937. The SMILES string of the molecule is Cc1cccc([N+](=O)[O-])c1NC(=O)CN1C[C@H](C)C[C@@H](C)C1. The number of likely N-dealkylation sites (tertiary alicyclic amines) is 1. The third-order valence-corrected chi connectivity index (χ3v) is 4.02. The highest BCUT2D eigenvalue weighted by Crippen LogP contribution is 2.27. The van der Waals surface area contributed by atoms with Gasteiger partial charge in [-0.05, 0) is 30.7 Å². The number of hydrogen-bond donors (Lipinski definition) is 1. The quantitative estimate of drug-likeness (QED) is 0.685. The minimum absolute atomic E-state index is 0.0614. The second-order valence-electron chi connectivity index (χ2n) is 6.41. The lowest BCUT2D eigenvalue weighted by Gasteiger charge is -2.34. The number of nitro groups is 1. The minimum Gasteiger partial charge on any atom is -0.319 e. The number of hydrogen-bond acceptors (Lipinski definition) is 4. The third kappa shape index (κ3) is 4.04. The van der Waals surface area contributed by atoms with Crippen LogP contribution in [0.5, 0.6) is 0 Å². The Labute approximate surface area is 130 Å². The van der Waals surface area contributed by atoms with Gasteiger partial charge in [0.1, 0.15) is 5.69 Å². The minimum atomic E-state index is -0.465. The van der Waals surface area contributed by atoms with E-state index in [-0.39, 0.29) is 18.1 Å². The molecule has 1 heterocycles. The van der Waals surface area contributed by atoms with Gasteiger partial charge in [-0.2, -0.15) is 0 Å². The van der Waals surface area contributed by atoms with Gasteiger partial charge in [0, 0.05) is 19.2 Å². The second-order valence-corrected chi connectivity index (χ2v) is 6.41. The molecule has 1 aromatic rings. The zero-order valence-corrected chi connectivity index (χ0v) is 13.3. The van der Waals surface area contributed by atoms with Crippen molar-refractivity contribution in [3.8, 4) is 0 Å². The van der Waals surface area contributed by atoms with Crippen molar-refractivity contribution in [1.82, 2.24) is 4.90 Å². The first kappa shape index (κ1) is 16.4. The number of piperidine rings is 1. The number of benzene rings is 1. The summed E-state index contributed by atoms with van der Waals surface area (Å²) in [4.78, 5) is 25.0. The number of nitrogens with one attached hydrogen (secondary N) is 1. The van der Waals surface area contributed by atoms with E-state index >= 15 is 0 Å². The Balaban J connectivity index is 2.05. The second kappa shape index (κ2) is 6.87. The van der Waals surface area contributed by atoms with Crippen LogP contribution in [0, 0.1) is 28.9 Å². The molecule has 0 bridgehead atoms. The summed E-state index contributed by atoms with van der Waals surface area (Å²) < 4.78 is 0. The number of aryl methyl sites for hydroxylation is 1. The van der Waals surface area contributed by atoms with Gasteiger partial charge in [-0.25, -0.2) is 0 Å². The third-order valence-electron chi connectivity index (χ3n) is 4.02. The maximum absolute atomic E-state index is 12.2. The standard InChI is InChI=1S/C16H23N3O3/c1-11-7-12(2)9-18(8-11)10-15(20)17-16-13(3)5-4-6-14(16)19(21)22/h4-6,11-12H,7-10H2,1-3H3,(H,17,20)/t11-,12-/m1/s1. The predicted octanol–water partition coefficient (Wildman–Crippen LogP) is 2.82. The zero-order valence-electron chi connectivity index (χ0n) is 13.3. The summed E-state index contributed by atoms with van der Waals surface area (Å²) in [6.45, 7) is 8.20. The molecule has 0 aromatic heterocycles. The van der Waals surface area contributed by atoms with Gasteiger partial charge < -0.3 is 5.32 Å². The molecule has 1 aliphatic heterocycles. The predicted molar refractivity (Wildman–Crippen MR) is 85.8 cm³/mol. The van der Waals surface area contributed by atoms with Crippen LogP contribution in [0.25, 0.3) is 0 Å². The molecule has 1 N–H and O–H groups in total. The number of rotatable bonds is 4. The molecule has 0 radical (unpaired) electrons. The number of carbonyl (C=O) groups excluding carboxylic acids is 1. The van der Waals surface area contributed by atoms with Gasteiger partial charge in [-0.3, -0.25) is 19.8 Å². The Kier molecular flexibility index (Phi) is 5.13. The Morgan fingerprint density at radius 2 is 2.00 bits per heavy atom. The van der Waals surface area contributed by atoms with Crippen LogP contribution in [0.15, 0.2) is 18.2 Å². The highest BCUT2D eigenvalue weighted by Gasteiger charge is 2.24. The topological polar surface area (TPSA) is 75.5 Å². The zero-order chi connectivity index (χ0) is 16.3. The van der Waals surface area contributed by atoms with Crippen molar-refractivity contribution >= 4 is 17.3 Å². The largest absolute Gasteiger partial charge is 0.319 e. The van der Waals surface area contributed by atoms with Gasteiger partial charge in [0.2, 0.25) is 5.91 Å². The molecule has 2 atom stereocenters. The van der Waals surface area contributed by atoms with Crippen molar-refractivity contribution in [2.24, 2.45) is 11.8 Å². The average molecular weight is 305 g/mol. The first-order valence-corrected chi connectivity index (χ1v) is 7.63. The fraction of sp³-hybridized carbons (Fsp3) is 0.562. The van der Waals surface area contributed by atoms with Gasteiger partial charge >= 0.3 is 0 Å². The number of nitrogens with zero attached hydrogens (tertiary/aromatic N) is 2. The summed E-state index contributed by atoms with van der Waals surface area (Å²) >= 11 is 0. The first-order valence-electron chi connectivity index (χ1n) is 7.63. The molecule has 1 fully saturated rings. The normalized spacial score (nSPS) is 22.3. The van der Waals surface area contributed by atoms with E-state index in [0.29, 0.717) is 23.1 Å². The number of para-hydroxylation sites is 1. The van der Waals surface area contributed by atoms with Crippen LogP contribution in [0.2, 0.25) is 0 Å². The van der Waals surface area contributed by atoms with E-state index < -0.39 is 4.92 Å². The van der Waals surface area contributed by atoms with Crippen molar-refractivity contribution in [3.63, 3.8) is 0 Å². The van der Waals surface area contributed by atoms with Crippen molar-refractivity contribution in [2.45, 2.75) is 27.2 Å². The van der Waals surface area contributed by atoms with Crippen LogP contribution in [0.4, 0.5) is 11.4 Å². The Morgan fingerprint density at radius 3 is 2.59 bits per heavy atom. The molecule has 0 unspecified atom stereocenters. The first-order chi connectivity index (χ1) is 10.4. The number of nitro benzene ring substituents is 1. The molecule has 1 amide bonds. The smallest absolute Gasteiger partial charge is 0.293 e. The monoisotopic (exact) mass is 305 g/mol. The number of amides is 1. The molecular formula is C16H23N3O3. The summed E-state index contributed by atoms with van der Waals surface area (Å²) in [6.07, 6.45) is 1.18. The van der Waals surface area contributed by atoms with Gasteiger partial charge in [0.05, 0.1) is 11.5 Å². The van der Waals surface area contributed by atoms with E-state index in [4.69, 9.17) is 0 Å². The molecule has 6 nitrogen and oxygen atoms in total. The van der Waals surface area contributed by atoms with Gasteiger partial charge in [-0.15, -0.1) is 0 Å². The molecule has 1 aliphatic rings. The molecule has 6 heteroatoms. The van der Waals surface area contributed by atoms with Crippen LogP contribution in [-0.2, 0) is 4.79 Å². The van der Waals surface area contributed by atoms with Gasteiger partial charge in [0.25, 0.3) is 5.69 Å². The van der Waals surface area contributed by atoms with Gasteiger partial charge in [0.15, 0.2) is 0 Å². The molecule has 0 aliphatic carbocycles. The lowest BCUT2D eigenvalue weighted by atomic mass is 9.92. The summed E-state index contributed by atoms with van der Waals surface area (Å²) in [5, 5.41) is 13.8. The number of carbonyl (C=O) groups is 1. The molecule has 22 heavy (non-hydrogen) atoms. The van der Waals surface area contributed by atoms with Crippen molar-refractivity contribution in [3.05, 3.63) is 33.9 Å². The summed E-state index contributed by atoms with van der Waals surface area (Å²) in [6, 6.07) is 4.79. The van der Waals surface area contributed by atoms with E-state index in [9.17, 15) is 14.9 Å². The molecule has 2 rings (SSSR count). The van der Waals surface area contributed by atoms with E-state index in [0.717, 1.165) is 13.1 Å². The Bertz CT molecular complexity index is 564. The van der Waals surface area contributed by atoms with Crippen LogP contribution in [0.1, 0.15) is 25.8 Å². The van der Waals surface area contributed by atoms with E-state index in [2.05, 4.69) is 24.1 Å². The highest BCUT2D eigenvalue weighted by molar-refractivity contribution is 5.95. The average Bonchev–Trinajstić information content (AvgIpc) is 2.39. The molecule has 0 saturated carbocycles. The van der Waals surface area contributed by atoms with Crippen LogP contribution in [-0.4, -0.2) is 35.4 Å². The molecule has 0 spiro atoms. The summed E-state index contributed by atoms with van der Waals surface area (Å²) in [7, 11) is 0. The van der Waals surface area contributed by atoms with E-state index in [1.54, 1.807) is 19.1 Å². The lowest BCUT2D eigenvalue weighted by molar-refractivity contribution is -0.384. The Hall–Kier alpha value is -1.95. The van der Waals surface area contributed by atoms with Gasteiger partial charge in [-0.1, -0.05) is 26.0 Å². The van der Waals surface area contributed by atoms with Crippen LogP contribution in [0.3, 0.4) is 0 Å².